The van der Waals surface area contributed by atoms with Gasteiger partial charge in [0.05, 0.1) is 11.9 Å². The van der Waals surface area contributed by atoms with Crippen LogP contribution in [0.5, 0.6) is 0 Å². The first-order valence-corrected chi connectivity index (χ1v) is 3.93. The second kappa shape index (κ2) is 3.10. The van der Waals surface area contributed by atoms with E-state index in [-0.39, 0.29) is 11.5 Å². The zero-order valence-corrected chi connectivity index (χ0v) is 7.11. The molecule has 5 heteroatoms. The zero-order chi connectivity index (χ0) is 10.1. The van der Waals surface area contributed by atoms with Gasteiger partial charge in [-0.3, -0.25) is 0 Å². The lowest BCUT2D eigenvalue weighted by Crippen LogP contribution is -2.00. The van der Waals surface area contributed by atoms with Gasteiger partial charge in [-0.15, -0.1) is 0 Å². The fourth-order valence-corrected chi connectivity index (χ4v) is 1.11. The predicted molar refractivity (Wildman–Crippen MR) is 47.9 cm³/mol. The van der Waals surface area contributed by atoms with Gasteiger partial charge in [-0.05, 0) is 24.3 Å². The Hall–Kier alpha value is -1.91. The summed E-state index contributed by atoms with van der Waals surface area (Å²) in [4.78, 5) is 0. The Labute approximate surface area is 78.8 Å². The molecule has 72 valence electrons. The third-order valence-corrected chi connectivity index (χ3v) is 1.81. The van der Waals surface area contributed by atoms with Gasteiger partial charge >= 0.3 is 0 Å². The van der Waals surface area contributed by atoms with Crippen LogP contribution in [0.1, 0.15) is 0 Å². The summed E-state index contributed by atoms with van der Waals surface area (Å²) in [6.07, 6.45) is 1.21. The number of hydrogen-bond donors (Lipinski definition) is 1. The van der Waals surface area contributed by atoms with Crippen molar-refractivity contribution in [1.29, 1.82) is 0 Å². The summed E-state index contributed by atoms with van der Waals surface area (Å²) in [7, 11) is 0. The van der Waals surface area contributed by atoms with E-state index in [1.165, 1.54) is 30.5 Å². The molecule has 2 N–H and O–H groups in total. The molecule has 0 bridgehead atoms. The van der Waals surface area contributed by atoms with E-state index < -0.39 is 5.95 Å². The van der Waals surface area contributed by atoms with E-state index in [1.807, 2.05) is 0 Å². The van der Waals surface area contributed by atoms with Crippen LogP contribution >= 0.6 is 0 Å². The molecule has 0 saturated heterocycles. The first kappa shape index (κ1) is 8.68. The molecule has 3 nitrogen and oxygen atoms in total. The number of nitrogens with two attached hydrogens (primary N) is 1. The van der Waals surface area contributed by atoms with Gasteiger partial charge in [-0.1, -0.05) is 0 Å². The smallest absolute Gasteiger partial charge is 0.239 e. The molecule has 1 heterocycles. The Bertz CT molecular complexity index is 448. The van der Waals surface area contributed by atoms with Gasteiger partial charge in [0.25, 0.3) is 0 Å². The maximum absolute atomic E-state index is 13.2. The molecule has 0 amide bonds. The molecule has 1 aromatic heterocycles. The molecule has 0 saturated carbocycles. The van der Waals surface area contributed by atoms with Crippen LogP contribution in [0.3, 0.4) is 0 Å². The van der Waals surface area contributed by atoms with Crippen LogP contribution in [-0.2, 0) is 0 Å². The minimum atomic E-state index is -0.642. The molecule has 0 aliphatic heterocycles. The van der Waals surface area contributed by atoms with Crippen molar-refractivity contribution in [2.75, 3.05) is 5.73 Å². The summed E-state index contributed by atoms with van der Waals surface area (Å²) >= 11 is 0. The van der Waals surface area contributed by atoms with E-state index in [2.05, 4.69) is 5.10 Å². The summed E-state index contributed by atoms with van der Waals surface area (Å²) < 4.78 is 26.8. The highest BCUT2D eigenvalue weighted by Gasteiger charge is 2.08. The van der Waals surface area contributed by atoms with Crippen LogP contribution in [-0.4, -0.2) is 9.78 Å². The lowest BCUT2D eigenvalue weighted by atomic mass is 10.3. The molecular weight excluding hydrogens is 188 g/mol. The number of rotatable bonds is 1. The molecule has 1 aromatic carbocycles. The van der Waals surface area contributed by atoms with Crippen molar-refractivity contribution < 1.29 is 8.78 Å². The van der Waals surface area contributed by atoms with Crippen molar-refractivity contribution in [2.45, 2.75) is 0 Å². The zero-order valence-electron chi connectivity index (χ0n) is 7.11. The molecular formula is C9H7F2N3. The third kappa shape index (κ3) is 1.32. The van der Waals surface area contributed by atoms with Crippen LogP contribution in [0.25, 0.3) is 5.69 Å². The minimum absolute atomic E-state index is 0.0330. The molecule has 2 rings (SSSR count). The molecule has 14 heavy (non-hydrogen) atoms. The van der Waals surface area contributed by atoms with Gasteiger partial charge < -0.3 is 5.73 Å². The highest BCUT2D eigenvalue weighted by molar-refractivity contribution is 5.39. The highest BCUT2D eigenvalue weighted by atomic mass is 19.1. The van der Waals surface area contributed by atoms with Gasteiger partial charge in [0.2, 0.25) is 5.95 Å². The van der Waals surface area contributed by atoms with Gasteiger partial charge in [0.1, 0.15) is 11.5 Å². The van der Waals surface area contributed by atoms with Crippen molar-refractivity contribution >= 4 is 5.69 Å². The average Bonchev–Trinajstić information content (AvgIpc) is 2.50. The SMILES string of the molecule is Nc1cnn(-c2ccc(F)cc2)c1F. The summed E-state index contributed by atoms with van der Waals surface area (Å²) in [6.45, 7) is 0. The van der Waals surface area contributed by atoms with E-state index in [1.54, 1.807) is 0 Å². The summed E-state index contributed by atoms with van der Waals surface area (Å²) in [6, 6.07) is 5.30. The van der Waals surface area contributed by atoms with Crippen LogP contribution in [0.2, 0.25) is 0 Å². The Balaban J connectivity index is 2.49. The molecule has 0 unspecified atom stereocenters. The van der Waals surface area contributed by atoms with Crippen molar-refractivity contribution in [2.24, 2.45) is 0 Å². The lowest BCUT2D eigenvalue weighted by Gasteiger charge is -2.00. The lowest BCUT2D eigenvalue weighted by molar-refractivity contribution is 0.539. The van der Waals surface area contributed by atoms with Crippen LogP contribution in [0, 0.1) is 11.8 Å². The quantitative estimate of drug-likeness (QED) is 0.753. The van der Waals surface area contributed by atoms with E-state index in [9.17, 15) is 8.78 Å². The van der Waals surface area contributed by atoms with Crippen LogP contribution < -0.4 is 5.73 Å². The number of hydrogen-bond acceptors (Lipinski definition) is 2. The topological polar surface area (TPSA) is 43.8 Å². The van der Waals surface area contributed by atoms with Gasteiger partial charge in [0, 0.05) is 0 Å². The molecule has 0 aliphatic carbocycles. The van der Waals surface area contributed by atoms with Gasteiger partial charge in [0.15, 0.2) is 0 Å². The summed E-state index contributed by atoms with van der Waals surface area (Å²) in [5, 5.41) is 3.71. The van der Waals surface area contributed by atoms with Crippen molar-refractivity contribution in [3.63, 3.8) is 0 Å². The van der Waals surface area contributed by atoms with E-state index in [0.29, 0.717) is 5.69 Å². The normalized spacial score (nSPS) is 10.4. The standard InChI is InChI=1S/C9H7F2N3/c10-6-1-3-7(4-2-6)14-9(11)8(12)5-13-14/h1-5H,12H2. The second-order valence-electron chi connectivity index (χ2n) is 2.78. The molecule has 0 spiro atoms. The van der Waals surface area contributed by atoms with Crippen molar-refractivity contribution in [3.8, 4) is 5.69 Å². The Kier molecular flexibility index (Phi) is 1.92. The Morgan fingerprint density at radius 1 is 1.14 bits per heavy atom. The van der Waals surface area contributed by atoms with Gasteiger partial charge in [-0.2, -0.15) is 9.49 Å². The summed E-state index contributed by atoms with van der Waals surface area (Å²) in [5.74, 6) is -1.02. The Morgan fingerprint density at radius 3 is 2.29 bits per heavy atom. The fraction of sp³-hybridized carbons (Fsp3) is 0. The first-order valence-electron chi connectivity index (χ1n) is 3.93. The van der Waals surface area contributed by atoms with Crippen LogP contribution in [0.4, 0.5) is 14.5 Å². The van der Waals surface area contributed by atoms with E-state index in [0.717, 1.165) is 4.68 Å². The van der Waals surface area contributed by atoms with Crippen LogP contribution in [0.15, 0.2) is 30.5 Å². The monoisotopic (exact) mass is 195 g/mol. The minimum Gasteiger partial charge on any atom is -0.394 e. The second-order valence-corrected chi connectivity index (χ2v) is 2.78. The Morgan fingerprint density at radius 2 is 1.79 bits per heavy atom. The fourth-order valence-electron chi connectivity index (χ4n) is 1.11. The number of benzene rings is 1. The average molecular weight is 195 g/mol. The van der Waals surface area contributed by atoms with E-state index in [4.69, 9.17) is 5.73 Å². The number of aromatic nitrogens is 2. The molecule has 0 radical (unpaired) electrons. The number of halogens is 2. The molecule has 0 fully saturated rings. The largest absolute Gasteiger partial charge is 0.394 e. The molecule has 0 aliphatic rings. The van der Waals surface area contributed by atoms with E-state index >= 15 is 0 Å². The third-order valence-electron chi connectivity index (χ3n) is 1.81. The summed E-state index contributed by atoms with van der Waals surface area (Å²) in [5.41, 5.74) is 5.67. The maximum Gasteiger partial charge on any atom is 0.239 e. The number of anilines is 1. The van der Waals surface area contributed by atoms with Crippen molar-refractivity contribution in [1.82, 2.24) is 9.78 Å². The first-order chi connectivity index (χ1) is 6.68. The maximum atomic E-state index is 13.2. The van der Waals surface area contributed by atoms with Crippen molar-refractivity contribution in [3.05, 3.63) is 42.2 Å². The predicted octanol–water partition coefficient (Wildman–Crippen LogP) is 1.73. The molecule has 0 atom stereocenters. The van der Waals surface area contributed by atoms with Gasteiger partial charge in [-0.25, -0.2) is 9.07 Å². The number of nitrogen functional groups attached to an aromatic ring is 1. The molecule has 2 aromatic rings. The number of nitrogens with zero attached hydrogens (tertiary/aromatic N) is 2. The highest BCUT2D eigenvalue weighted by Crippen LogP contribution is 2.14.